The van der Waals surface area contributed by atoms with E-state index in [2.05, 4.69) is 15.2 Å². The molecule has 22 heavy (non-hydrogen) atoms. The molecular formula is C14H12F3N5. The van der Waals surface area contributed by atoms with Crippen molar-refractivity contribution in [1.29, 1.82) is 0 Å². The molecule has 0 N–H and O–H groups in total. The van der Waals surface area contributed by atoms with Crippen LogP contribution >= 0.6 is 0 Å². The van der Waals surface area contributed by atoms with Crippen LogP contribution in [-0.2, 0) is 0 Å². The van der Waals surface area contributed by atoms with E-state index in [4.69, 9.17) is 0 Å². The van der Waals surface area contributed by atoms with Gasteiger partial charge in [-0.25, -0.2) is 0 Å². The largest absolute Gasteiger partial charge is 0.413 e. The Labute approximate surface area is 124 Å². The molecule has 0 amide bonds. The number of hydrogen-bond donors (Lipinski definition) is 0. The minimum atomic E-state index is -4.46. The second-order valence-corrected chi connectivity index (χ2v) is 4.66. The van der Waals surface area contributed by atoms with Crippen molar-refractivity contribution >= 4 is 6.21 Å². The number of hydrogen-bond acceptors (Lipinski definition) is 4. The minimum Gasteiger partial charge on any atom is -0.333 e. The third kappa shape index (κ3) is 2.72. The zero-order chi connectivity index (χ0) is 15.6. The second kappa shape index (κ2) is 5.63. The SMILES string of the molecule is FC(F)(F)[C@@H](c1ccccc1)N1C=CN=CC1n1nccn1. The average Bonchev–Trinajstić information content (AvgIpc) is 3.02. The van der Waals surface area contributed by atoms with Crippen molar-refractivity contribution in [3.63, 3.8) is 0 Å². The fourth-order valence-corrected chi connectivity index (χ4v) is 2.35. The van der Waals surface area contributed by atoms with Crippen molar-refractivity contribution in [1.82, 2.24) is 19.9 Å². The zero-order valence-corrected chi connectivity index (χ0v) is 11.3. The van der Waals surface area contributed by atoms with Crippen LogP contribution in [0, 0.1) is 0 Å². The van der Waals surface area contributed by atoms with Crippen LogP contribution in [0.4, 0.5) is 13.2 Å². The fraction of sp³-hybridized carbons (Fsp3) is 0.214. The monoisotopic (exact) mass is 307 g/mol. The van der Waals surface area contributed by atoms with Crippen molar-refractivity contribution in [2.45, 2.75) is 18.4 Å². The molecule has 8 heteroatoms. The maximum atomic E-state index is 13.6. The van der Waals surface area contributed by atoms with Crippen LogP contribution in [0.1, 0.15) is 17.8 Å². The molecule has 1 aromatic heterocycles. The molecule has 1 aromatic carbocycles. The van der Waals surface area contributed by atoms with Crippen LogP contribution in [-0.4, -0.2) is 32.3 Å². The Morgan fingerprint density at radius 2 is 1.73 bits per heavy atom. The van der Waals surface area contributed by atoms with Crippen LogP contribution in [0.5, 0.6) is 0 Å². The third-order valence-electron chi connectivity index (χ3n) is 3.25. The van der Waals surface area contributed by atoms with Gasteiger partial charge in [-0.1, -0.05) is 30.3 Å². The molecule has 1 aliphatic heterocycles. The molecule has 2 heterocycles. The molecule has 0 fully saturated rings. The van der Waals surface area contributed by atoms with E-state index < -0.39 is 18.4 Å². The van der Waals surface area contributed by atoms with E-state index >= 15 is 0 Å². The van der Waals surface area contributed by atoms with Gasteiger partial charge >= 0.3 is 6.18 Å². The smallest absolute Gasteiger partial charge is 0.333 e. The van der Waals surface area contributed by atoms with Gasteiger partial charge in [0.05, 0.1) is 18.6 Å². The lowest BCUT2D eigenvalue weighted by Gasteiger charge is -2.37. The fourth-order valence-electron chi connectivity index (χ4n) is 2.35. The summed E-state index contributed by atoms with van der Waals surface area (Å²) in [6.07, 6.45) is 1.53. The van der Waals surface area contributed by atoms with E-state index in [9.17, 15) is 13.2 Å². The van der Waals surface area contributed by atoms with Crippen LogP contribution in [0.25, 0.3) is 0 Å². The molecule has 0 spiro atoms. The number of aromatic nitrogens is 3. The average molecular weight is 307 g/mol. The highest BCUT2D eigenvalue weighted by atomic mass is 19.4. The highest BCUT2D eigenvalue weighted by Gasteiger charge is 2.46. The van der Waals surface area contributed by atoms with Gasteiger partial charge in [0.2, 0.25) is 0 Å². The first-order chi connectivity index (χ1) is 10.6. The van der Waals surface area contributed by atoms with Gasteiger partial charge in [0.25, 0.3) is 0 Å². The van der Waals surface area contributed by atoms with Crippen LogP contribution in [0.2, 0.25) is 0 Å². The van der Waals surface area contributed by atoms with Crippen molar-refractivity contribution < 1.29 is 13.2 Å². The first-order valence-corrected chi connectivity index (χ1v) is 6.52. The standard InChI is InChI=1S/C14H12F3N5/c15-14(16,17)13(11-4-2-1-3-5-11)21-9-8-18-10-12(21)22-19-6-7-20-22/h1-10,12-13H/t12?,13-/m1/s1. The van der Waals surface area contributed by atoms with Crippen molar-refractivity contribution in [3.8, 4) is 0 Å². The topological polar surface area (TPSA) is 46.3 Å². The molecule has 114 valence electrons. The lowest BCUT2D eigenvalue weighted by atomic mass is 10.0. The molecule has 3 rings (SSSR count). The minimum absolute atomic E-state index is 0.145. The lowest BCUT2D eigenvalue weighted by Crippen LogP contribution is -2.41. The van der Waals surface area contributed by atoms with Crippen LogP contribution < -0.4 is 0 Å². The Kier molecular flexibility index (Phi) is 3.66. The highest BCUT2D eigenvalue weighted by molar-refractivity contribution is 5.64. The molecule has 5 nitrogen and oxygen atoms in total. The zero-order valence-electron chi connectivity index (χ0n) is 11.3. The number of alkyl halides is 3. The van der Waals surface area contributed by atoms with E-state index in [0.29, 0.717) is 0 Å². The van der Waals surface area contributed by atoms with Gasteiger partial charge in [-0.2, -0.15) is 28.2 Å². The van der Waals surface area contributed by atoms with Gasteiger partial charge in [-0.3, -0.25) is 4.99 Å². The summed E-state index contributed by atoms with van der Waals surface area (Å²) in [5.74, 6) is 0. The number of halogens is 3. The summed E-state index contributed by atoms with van der Waals surface area (Å²) in [5, 5.41) is 7.84. The molecule has 0 aliphatic carbocycles. The molecule has 2 aromatic rings. The van der Waals surface area contributed by atoms with Crippen LogP contribution in [0.15, 0.2) is 60.1 Å². The summed E-state index contributed by atoms with van der Waals surface area (Å²) in [7, 11) is 0. The summed E-state index contributed by atoms with van der Waals surface area (Å²) in [4.78, 5) is 6.24. The Hall–Kier alpha value is -2.64. The van der Waals surface area contributed by atoms with Crippen molar-refractivity contribution in [2.24, 2.45) is 4.99 Å². The second-order valence-electron chi connectivity index (χ2n) is 4.66. The van der Waals surface area contributed by atoms with Gasteiger partial charge < -0.3 is 4.90 Å². The third-order valence-corrected chi connectivity index (χ3v) is 3.25. The summed E-state index contributed by atoms with van der Waals surface area (Å²) < 4.78 is 40.9. The first kappa shape index (κ1) is 14.3. The number of nitrogens with zero attached hydrogens (tertiary/aromatic N) is 5. The number of benzene rings is 1. The van der Waals surface area contributed by atoms with Crippen molar-refractivity contribution in [3.05, 3.63) is 60.7 Å². The molecule has 2 atom stereocenters. The number of aliphatic imine (C=N–C) groups is 1. The molecule has 0 saturated carbocycles. The molecule has 1 aliphatic rings. The quantitative estimate of drug-likeness (QED) is 0.876. The van der Waals surface area contributed by atoms with Gasteiger partial charge in [-0.05, 0) is 5.56 Å². The Balaban J connectivity index is 2.03. The predicted molar refractivity (Wildman–Crippen MR) is 73.8 cm³/mol. The van der Waals surface area contributed by atoms with Crippen molar-refractivity contribution in [2.75, 3.05) is 0 Å². The van der Waals surface area contributed by atoms with Gasteiger partial charge in [0.15, 0.2) is 12.2 Å². The highest BCUT2D eigenvalue weighted by Crippen LogP contribution is 2.40. The molecule has 0 bridgehead atoms. The van der Waals surface area contributed by atoms with E-state index in [1.54, 1.807) is 18.2 Å². The molecule has 0 saturated heterocycles. The van der Waals surface area contributed by atoms with E-state index in [1.807, 2.05) is 0 Å². The first-order valence-electron chi connectivity index (χ1n) is 6.52. The normalized spacial score (nSPS) is 19.4. The van der Waals surface area contributed by atoms with Crippen LogP contribution in [0.3, 0.4) is 0 Å². The Morgan fingerprint density at radius 1 is 1.05 bits per heavy atom. The van der Waals surface area contributed by atoms with E-state index in [-0.39, 0.29) is 5.56 Å². The van der Waals surface area contributed by atoms with E-state index in [1.165, 1.54) is 47.9 Å². The summed E-state index contributed by atoms with van der Waals surface area (Å²) in [6, 6.07) is 5.93. The van der Waals surface area contributed by atoms with Gasteiger partial charge in [0, 0.05) is 12.4 Å². The summed E-state index contributed by atoms with van der Waals surface area (Å²) in [6.45, 7) is 0. The summed E-state index contributed by atoms with van der Waals surface area (Å²) in [5.41, 5.74) is 0.145. The van der Waals surface area contributed by atoms with Gasteiger partial charge in [0.1, 0.15) is 0 Å². The summed E-state index contributed by atoms with van der Waals surface area (Å²) >= 11 is 0. The molecular weight excluding hydrogens is 295 g/mol. The molecule has 1 unspecified atom stereocenters. The van der Waals surface area contributed by atoms with E-state index in [0.717, 1.165) is 4.90 Å². The molecule has 0 radical (unpaired) electrons. The predicted octanol–water partition coefficient (Wildman–Crippen LogP) is 2.94. The lowest BCUT2D eigenvalue weighted by molar-refractivity contribution is -0.185. The maximum Gasteiger partial charge on any atom is 0.413 e. The Bertz CT molecular complexity index is 664. The Morgan fingerprint density at radius 3 is 2.36 bits per heavy atom. The maximum absolute atomic E-state index is 13.6. The number of rotatable bonds is 3. The van der Waals surface area contributed by atoms with Gasteiger partial charge in [-0.15, -0.1) is 0 Å².